The first-order valence-corrected chi connectivity index (χ1v) is 12.4. The molecule has 2 aromatic carbocycles. The molecule has 2 fully saturated rings. The van der Waals surface area contributed by atoms with Crippen LogP contribution in [0.15, 0.2) is 54.6 Å². The minimum atomic E-state index is -1.33. The molecule has 2 saturated carbocycles. The minimum Gasteiger partial charge on any atom is -0.497 e. The van der Waals surface area contributed by atoms with E-state index in [4.69, 9.17) is 14.2 Å². The molecule has 2 aromatic rings. The van der Waals surface area contributed by atoms with Crippen LogP contribution in [-0.4, -0.2) is 38.0 Å². The molecule has 4 rings (SSSR count). The van der Waals surface area contributed by atoms with Gasteiger partial charge >= 0.3 is 11.9 Å². The van der Waals surface area contributed by atoms with Crippen molar-refractivity contribution in [2.45, 2.75) is 45.4 Å². The fourth-order valence-electron chi connectivity index (χ4n) is 6.47. The molecule has 2 aliphatic carbocycles. The predicted octanol–water partition coefficient (Wildman–Crippen LogP) is 4.99. The number of hydrogen-bond acceptors (Lipinski definition) is 6. The van der Waals surface area contributed by atoms with Crippen molar-refractivity contribution >= 4 is 17.7 Å². The lowest BCUT2D eigenvalue weighted by Gasteiger charge is -2.38. The van der Waals surface area contributed by atoms with Gasteiger partial charge in [0.15, 0.2) is 11.2 Å². The smallest absolute Gasteiger partial charge is 0.323 e. The van der Waals surface area contributed by atoms with Crippen molar-refractivity contribution in [3.8, 4) is 5.75 Å². The van der Waals surface area contributed by atoms with Gasteiger partial charge in [-0.15, -0.1) is 0 Å². The molecule has 0 aromatic heterocycles. The first-order valence-electron chi connectivity index (χ1n) is 12.4. The molecular weight excluding hydrogens is 444 g/mol. The van der Waals surface area contributed by atoms with Crippen LogP contribution in [0.3, 0.4) is 0 Å². The fourth-order valence-corrected chi connectivity index (χ4v) is 6.47. The van der Waals surface area contributed by atoms with E-state index >= 15 is 0 Å². The summed E-state index contributed by atoms with van der Waals surface area (Å²) in [7, 11) is 1.60. The van der Waals surface area contributed by atoms with Crippen molar-refractivity contribution in [3.63, 3.8) is 0 Å². The van der Waals surface area contributed by atoms with E-state index in [-0.39, 0.29) is 36.8 Å². The summed E-state index contributed by atoms with van der Waals surface area (Å²) in [4.78, 5) is 40.2. The molecule has 0 unspecified atom stereocenters. The molecule has 0 N–H and O–H groups in total. The lowest BCUT2D eigenvalue weighted by molar-refractivity contribution is -0.172. The van der Waals surface area contributed by atoms with E-state index in [1.807, 2.05) is 42.5 Å². The van der Waals surface area contributed by atoms with Crippen molar-refractivity contribution in [1.29, 1.82) is 0 Å². The Morgan fingerprint density at radius 2 is 1.49 bits per heavy atom. The summed E-state index contributed by atoms with van der Waals surface area (Å²) < 4.78 is 16.0. The maximum absolute atomic E-state index is 13.9. The third-order valence-electron chi connectivity index (χ3n) is 8.20. The van der Waals surface area contributed by atoms with Gasteiger partial charge in [-0.05, 0) is 74.8 Å². The summed E-state index contributed by atoms with van der Waals surface area (Å²) in [5.41, 5.74) is -0.197. The van der Waals surface area contributed by atoms with E-state index in [1.54, 1.807) is 33.1 Å². The zero-order valence-corrected chi connectivity index (χ0v) is 20.9. The van der Waals surface area contributed by atoms with Crippen LogP contribution >= 0.6 is 0 Å². The van der Waals surface area contributed by atoms with Crippen molar-refractivity contribution in [2.24, 2.45) is 23.2 Å². The van der Waals surface area contributed by atoms with Crippen LogP contribution in [0.2, 0.25) is 0 Å². The second-order valence-electron chi connectivity index (χ2n) is 9.83. The van der Waals surface area contributed by atoms with Gasteiger partial charge in [-0.1, -0.05) is 37.3 Å². The molecule has 0 saturated heterocycles. The maximum atomic E-state index is 13.9. The molecule has 6 nitrogen and oxygen atoms in total. The van der Waals surface area contributed by atoms with Crippen LogP contribution in [0.1, 0.15) is 56.0 Å². The molecular formula is C29H34O6. The summed E-state index contributed by atoms with van der Waals surface area (Å²) in [5.74, 6) is -0.569. The highest BCUT2D eigenvalue weighted by Gasteiger charge is 2.66. The molecule has 0 heterocycles. The van der Waals surface area contributed by atoms with E-state index in [2.05, 4.69) is 6.92 Å². The zero-order valence-electron chi connectivity index (χ0n) is 20.9. The number of hydrogen-bond donors (Lipinski definition) is 0. The Hall–Kier alpha value is -3.15. The van der Waals surface area contributed by atoms with Crippen LogP contribution in [0.4, 0.5) is 0 Å². The molecule has 0 bridgehead atoms. The van der Waals surface area contributed by atoms with Gasteiger partial charge in [0.05, 0.1) is 20.3 Å². The van der Waals surface area contributed by atoms with Gasteiger partial charge in [0, 0.05) is 16.9 Å². The second-order valence-corrected chi connectivity index (χ2v) is 9.83. The highest BCUT2D eigenvalue weighted by molar-refractivity contribution is 6.01. The monoisotopic (exact) mass is 478 g/mol. The van der Waals surface area contributed by atoms with E-state index in [1.165, 1.54) is 0 Å². The first-order chi connectivity index (χ1) is 16.8. The Kier molecular flexibility index (Phi) is 7.02. The number of carbonyl (C=O) groups is 3. The summed E-state index contributed by atoms with van der Waals surface area (Å²) in [6.45, 7) is 5.99. The van der Waals surface area contributed by atoms with Crippen molar-refractivity contribution in [2.75, 3.05) is 20.3 Å². The molecule has 0 aliphatic heterocycles. The van der Waals surface area contributed by atoms with Crippen LogP contribution in [0.5, 0.6) is 5.75 Å². The Balaban J connectivity index is 1.75. The van der Waals surface area contributed by atoms with Crippen molar-refractivity contribution in [3.05, 3.63) is 65.7 Å². The molecule has 2 aliphatic rings. The van der Waals surface area contributed by atoms with Crippen LogP contribution in [0, 0.1) is 23.2 Å². The number of Topliss-reactive ketones (excluding diaryl/α,β-unsaturated/α-hetero) is 1. The van der Waals surface area contributed by atoms with Crippen LogP contribution in [-0.2, 0) is 24.5 Å². The van der Waals surface area contributed by atoms with Gasteiger partial charge < -0.3 is 14.2 Å². The van der Waals surface area contributed by atoms with Crippen molar-refractivity contribution < 1.29 is 28.6 Å². The summed E-state index contributed by atoms with van der Waals surface area (Å²) in [6.07, 6.45) is 1.25. The van der Waals surface area contributed by atoms with Crippen LogP contribution < -0.4 is 4.74 Å². The summed E-state index contributed by atoms with van der Waals surface area (Å²) in [5, 5.41) is 0. The Labute approximate surface area is 207 Å². The van der Waals surface area contributed by atoms with Gasteiger partial charge in [-0.3, -0.25) is 14.4 Å². The second kappa shape index (κ2) is 9.84. The highest BCUT2D eigenvalue weighted by atomic mass is 16.6. The lowest BCUT2D eigenvalue weighted by atomic mass is 9.64. The predicted molar refractivity (Wildman–Crippen MR) is 131 cm³/mol. The number of ether oxygens (including phenoxy) is 3. The first kappa shape index (κ1) is 25.0. The Morgan fingerprint density at radius 1 is 0.886 bits per heavy atom. The van der Waals surface area contributed by atoms with Gasteiger partial charge in [0.2, 0.25) is 0 Å². The molecule has 4 atom stereocenters. The molecule has 0 radical (unpaired) electrons. The molecule has 35 heavy (non-hydrogen) atoms. The van der Waals surface area contributed by atoms with Gasteiger partial charge in [0.1, 0.15) is 5.75 Å². The van der Waals surface area contributed by atoms with E-state index in [9.17, 15) is 14.4 Å². The quantitative estimate of drug-likeness (QED) is 0.302. The van der Waals surface area contributed by atoms with E-state index in [0.29, 0.717) is 30.6 Å². The maximum Gasteiger partial charge on any atom is 0.323 e. The minimum absolute atomic E-state index is 0.0150. The van der Waals surface area contributed by atoms with Crippen molar-refractivity contribution in [1.82, 2.24) is 0 Å². The topological polar surface area (TPSA) is 78.9 Å². The lowest BCUT2D eigenvalue weighted by Crippen LogP contribution is -2.44. The highest BCUT2D eigenvalue weighted by Crippen LogP contribution is 2.64. The molecule has 6 heteroatoms. The third-order valence-corrected chi connectivity index (χ3v) is 8.20. The summed E-state index contributed by atoms with van der Waals surface area (Å²) >= 11 is 0. The number of benzene rings is 2. The van der Waals surface area contributed by atoms with Gasteiger partial charge in [-0.25, -0.2) is 0 Å². The van der Waals surface area contributed by atoms with Gasteiger partial charge in [-0.2, -0.15) is 0 Å². The zero-order chi connectivity index (χ0) is 25.2. The molecule has 0 amide bonds. The van der Waals surface area contributed by atoms with E-state index in [0.717, 1.165) is 5.56 Å². The Morgan fingerprint density at radius 3 is 2.03 bits per heavy atom. The van der Waals surface area contributed by atoms with Gasteiger partial charge in [0.25, 0.3) is 0 Å². The standard InChI is InChI=1S/C29H34O6/c1-5-34-26(31)29(27(32)35-6-2)17-20-16-23(25(30)19-12-14-22(33-4)15-13-19)28(3,24(20)18-29)21-10-8-7-9-11-21/h7-15,20,23-24H,5-6,16-18H2,1-4H3/t20-,23+,24+,28+/m0/s1. The number of methoxy groups -OCH3 is 1. The number of ketones is 1. The summed E-state index contributed by atoms with van der Waals surface area (Å²) in [6, 6.07) is 17.2. The van der Waals surface area contributed by atoms with E-state index < -0.39 is 22.8 Å². The molecule has 186 valence electrons. The average Bonchev–Trinajstić information content (AvgIpc) is 3.40. The number of rotatable bonds is 8. The number of esters is 2. The van der Waals surface area contributed by atoms with Crippen LogP contribution in [0.25, 0.3) is 0 Å². The largest absolute Gasteiger partial charge is 0.497 e. The molecule has 0 spiro atoms. The normalized spacial score (nSPS) is 26.6. The number of fused-ring (bicyclic) bond motifs is 1. The third kappa shape index (κ3) is 4.13. The Bertz CT molecular complexity index is 1060. The SMILES string of the molecule is CCOC(=O)C1(C(=O)OCC)C[C@@H]2C[C@H](C(=O)c3ccc(OC)cc3)[C@@](C)(c3ccccc3)[C@@H]2C1. The number of carbonyl (C=O) groups excluding carboxylic acids is 3. The average molecular weight is 479 g/mol. The fraction of sp³-hybridized carbons (Fsp3) is 0.483.